The third kappa shape index (κ3) is 9.28. The summed E-state index contributed by atoms with van der Waals surface area (Å²) in [6.07, 6.45) is 10.4. The van der Waals surface area contributed by atoms with E-state index >= 15 is 0 Å². The fourth-order valence-corrected chi connectivity index (χ4v) is 11.9. The van der Waals surface area contributed by atoms with E-state index in [0.717, 1.165) is 17.5 Å². The van der Waals surface area contributed by atoms with Crippen molar-refractivity contribution in [3.8, 4) is 0 Å². The fraction of sp³-hybridized carbons (Fsp3) is 0.333. The Balaban J connectivity index is 1.24. The summed E-state index contributed by atoms with van der Waals surface area (Å²) in [4.78, 5) is 41.1. The first-order valence-corrected chi connectivity index (χ1v) is 26.4. The summed E-state index contributed by atoms with van der Waals surface area (Å²) in [6.45, 7) is 10.3. The number of anilines is 1. The predicted octanol–water partition coefficient (Wildman–Crippen LogP) is 6.67. The lowest BCUT2D eigenvalue weighted by atomic mass is 9.79. The topological polar surface area (TPSA) is 270 Å². The minimum atomic E-state index is -4.92. The average Bonchev–Trinajstić information content (AvgIpc) is 3.75. The molecule has 18 nitrogen and oxygen atoms in total. The summed E-state index contributed by atoms with van der Waals surface area (Å²) in [7, 11) is -14.6. The number of hydroxylamine groups is 2. The molecule has 4 N–H and O–H groups in total. The molecule has 67 heavy (non-hydrogen) atoms. The monoisotopic (exact) mass is 998 g/mol. The van der Waals surface area contributed by atoms with E-state index in [1.165, 1.54) is 18.2 Å². The second-order valence-electron chi connectivity index (χ2n) is 17.3. The van der Waals surface area contributed by atoms with Crippen LogP contribution >= 0.6 is 0 Å². The summed E-state index contributed by atoms with van der Waals surface area (Å²) < 4.78 is 129. The maximum atomic E-state index is 12.5. The second-order valence-corrected chi connectivity index (χ2v) is 22.5. The number of fused-ring (bicyclic) bond motifs is 6. The van der Waals surface area contributed by atoms with Gasteiger partial charge >= 0.3 is 5.97 Å². The molecule has 1 atom stereocenters. The van der Waals surface area contributed by atoms with E-state index in [0.29, 0.717) is 76.8 Å². The van der Waals surface area contributed by atoms with E-state index in [-0.39, 0.29) is 34.9 Å². The van der Waals surface area contributed by atoms with Crippen LogP contribution in [0.2, 0.25) is 0 Å². The largest absolute Gasteiger partial charge is 0.344 e. The van der Waals surface area contributed by atoms with Crippen LogP contribution in [0, 0.1) is 0 Å². The molecule has 3 aliphatic heterocycles. The van der Waals surface area contributed by atoms with E-state index in [9.17, 15) is 62.1 Å². The molecule has 3 heterocycles. The first kappa shape index (κ1) is 49.4. The van der Waals surface area contributed by atoms with Crippen molar-refractivity contribution < 1.29 is 71.5 Å². The van der Waals surface area contributed by atoms with Gasteiger partial charge < -0.3 is 14.3 Å². The Morgan fingerprint density at radius 1 is 0.761 bits per heavy atom. The van der Waals surface area contributed by atoms with Crippen LogP contribution in [-0.4, -0.2) is 93.9 Å². The zero-order valence-electron chi connectivity index (χ0n) is 36.9. The summed E-state index contributed by atoms with van der Waals surface area (Å²) in [5.74, 6) is -1.87. The molecule has 0 aliphatic carbocycles. The molecule has 0 aromatic heterocycles. The summed E-state index contributed by atoms with van der Waals surface area (Å²) in [5.41, 5.74) is 2.29. The number of allylic oxidation sites excluding steroid dienone is 6. The van der Waals surface area contributed by atoms with Gasteiger partial charge in [-0.05, 0) is 92.4 Å². The van der Waals surface area contributed by atoms with Crippen LogP contribution in [0.5, 0.6) is 0 Å². The summed E-state index contributed by atoms with van der Waals surface area (Å²) in [6, 6.07) is 10.7. The third-order valence-electron chi connectivity index (χ3n) is 12.4. The number of nitrogens with zero attached hydrogens (tertiary/aromatic N) is 3. The van der Waals surface area contributed by atoms with Crippen LogP contribution in [-0.2, 0) is 71.5 Å². The molecule has 4 aromatic rings. The fourth-order valence-electron chi connectivity index (χ4n) is 9.39. The van der Waals surface area contributed by atoms with Crippen LogP contribution < -0.4 is 4.90 Å². The van der Waals surface area contributed by atoms with Gasteiger partial charge in [-0.2, -0.15) is 29.8 Å². The Labute approximate surface area is 389 Å². The maximum Gasteiger partial charge on any atom is 0.333 e. The average molecular weight is 999 g/mol. The Bertz CT molecular complexity index is 3300. The SMILES string of the molecule is CCN1C(=CC=CC=CC2=[N+](CCCCCC(=O)ON3C(=O)CCC3=O)c3ccc4c(S(=O)O)cc(S(=O)(=O)O)cc4c3C2(C)C)C(C)(C)c2c1ccc1c(S(=O)(=O)O)cc(S(=O)(=O)O)cc21. The molecule has 0 radical (unpaired) electrons. The molecule has 22 heteroatoms. The number of unbranched alkanes of at least 4 members (excludes halogenated alkanes) is 2. The maximum absolute atomic E-state index is 12.5. The smallest absolute Gasteiger partial charge is 0.333 e. The molecule has 1 unspecified atom stereocenters. The number of carbonyl (C=O) groups is 3. The van der Waals surface area contributed by atoms with Crippen LogP contribution in [0.4, 0.5) is 11.4 Å². The summed E-state index contributed by atoms with van der Waals surface area (Å²) in [5, 5.41) is 1.42. The summed E-state index contributed by atoms with van der Waals surface area (Å²) >= 11 is -2.63. The van der Waals surface area contributed by atoms with Gasteiger partial charge in [0.15, 0.2) is 16.8 Å². The van der Waals surface area contributed by atoms with Crippen molar-refractivity contribution in [3.05, 3.63) is 95.7 Å². The first-order chi connectivity index (χ1) is 31.2. The van der Waals surface area contributed by atoms with Gasteiger partial charge in [0.1, 0.15) is 11.4 Å². The molecular weight excluding hydrogens is 951 g/mol. The van der Waals surface area contributed by atoms with E-state index < -0.39 is 84.7 Å². The highest BCUT2D eigenvalue weighted by molar-refractivity contribution is 7.87. The zero-order chi connectivity index (χ0) is 49.2. The zero-order valence-corrected chi connectivity index (χ0v) is 40.2. The first-order valence-electron chi connectivity index (χ1n) is 21.0. The van der Waals surface area contributed by atoms with Crippen LogP contribution in [0.1, 0.15) is 84.3 Å². The standard InChI is InChI=1S/C45H47N3O15S4/c1-6-46-33-19-17-30-32(24-28(66(57,58)59)26-36(30)67(60,61)62)43(33)44(2,3)37(46)13-9-7-10-14-38-45(4,5)42-31-23-27(65(54,55)56)25-35(64(52)53)29(31)16-18-34(42)47(38)22-12-8-11-15-41(51)63-48-39(49)20-21-40(48)50/h7,9-10,13-14,16-19,23-26H,6,8,11-12,15,20-22H2,1-5H3,(H3-,52,53,54,55,56,57,58,59,60,61,62)/p+1. The Hall–Kier alpha value is -5.46. The number of hydrogen-bond acceptors (Lipinski definition) is 12. The van der Waals surface area contributed by atoms with Gasteiger partial charge in [-0.15, -0.1) is 5.06 Å². The van der Waals surface area contributed by atoms with Crippen LogP contribution in [0.15, 0.2) is 104 Å². The lowest BCUT2D eigenvalue weighted by Gasteiger charge is -2.26. The normalized spacial score (nSPS) is 18.4. The molecule has 1 fully saturated rings. The Morgan fingerprint density at radius 2 is 1.37 bits per heavy atom. The highest BCUT2D eigenvalue weighted by Crippen LogP contribution is 2.52. The number of amides is 2. The van der Waals surface area contributed by atoms with E-state index in [4.69, 9.17) is 4.84 Å². The molecule has 3 aliphatic rings. The Kier molecular flexibility index (Phi) is 13.2. The number of carbonyl (C=O) groups excluding carboxylic acids is 3. The Morgan fingerprint density at radius 3 is 1.97 bits per heavy atom. The van der Waals surface area contributed by atoms with Crippen LogP contribution in [0.3, 0.4) is 0 Å². The second kappa shape index (κ2) is 17.9. The van der Waals surface area contributed by atoms with E-state index in [2.05, 4.69) is 0 Å². The van der Waals surface area contributed by atoms with Crippen molar-refractivity contribution in [2.45, 2.75) is 104 Å². The molecule has 4 aromatic carbocycles. The highest BCUT2D eigenvalue weighted by atomic mass is 32.2. The van der Waals surface area contributed by atoms with Crippen molar-refractivity contribution in [1.29, 1.82) is 0 Å². The molecule has 356 valence electrons. The minimum Gasteiger partial charge on any atom is -0.344 e. The molecule has 7 rings (SSSR count). The molecule has 0 saturated carbocycles. The van der Waals surface area contributed by atoms with Crippen molar-refractivity contribution in [3.63, 3.8) is 0 Å². The van der Waals surface area contributed by atoms with Gasteiger partial charge in [-0.25, -0.2) is 9.00 Å². The molecule has 2 amide bonds. The van der Waals surface area contributed by atoms with Crippen LogP contribution in [0.25, 0.3) is 21.5 Å². The minimum absolute atomic E-state index is 0.0243. The highest BCUT2D eigenvalue weighted by Gasteiger charge is 2.46. The molecule has 1 saturated heterocycles. The van der Waals surface area contributed by atoms with Crippen molar-refractivity contribution in [2.75, 3.05) is 18.0 Å². The molecule has 0 spiro atoms. The number of hydrogen-bond donors (Lipinski definition) is 4. The molecular formula is C45H48N3O15S4+. The van der Waals surface area contributed by atoms with Gasteiger partial charge in [-0.1, -0.05) is 38.1 Å². The van der Waals surface area contributed by atoms with Crippen molar-refractivity contribution >= 4 is 97.8 Å². The van der Waals surface area contributed by atoms with Gasteiger partial charge in [0.25, 0.3) is 42.2 Å². The number of imide groups is 1. The van der Waals surface area contributed by atoms with Crippen molar-refractivity contribution in [1.82, 2.24) is 5.06 Å². The van der Waals surface area contributed by atoms with E-state index in [1.54, 1.807) is 36.4 Å². The lowest BCUT2D eigenvalue weighted by molar-refractivity contribution is -0.438. The third-order valence-corrected chi connectivity index (χ3v) is 15.6. The lowest BCUT2D eigenvalue weighted by Crippen LogP contribution is -2.31. The number of likely N-dealkylation sites (N-methyl/N-ethyl adjacent to an activating group) is 1. The number of benzene rings is 4. The van der Waals surface area contributed by atoms with E-state index in [1.807, 2.05) is 56.2 Å². The van der Waals surface area contributed by atoms with Gasteiger partial charge in [0.2, 0.25) is 5.69 Å². The van der Waals surface area contributed by atoms with Crippen molar-refractivity contribution in [2.24, 2.45) is 0 Å². The predicted molar refractivity (Wildman–Crippen MR) is 247 cm³/mol. The van der Waals surface area contributed by atoms with Gasteiger partial charge in [0.05, 0.1) is 20.1 Å². The molecule has 0 bridgehead atoms. The van der Waals surface area contributed by atoms with Gasteiger partial charge in [0, 0.05) is 77.5 Å². The van der Waals surface area contributed by atoms with Gasteiger partial charge in [-0.3, -0.25) is 23.2 Å². The number of rotatable bonds is 15. The quantitative estimate of drug-likeness (QED) is 0.0242.